The van der Waals surface area contributed by atoms with E-state index in [0.29, 0.717) is 11.8 Å². The van der Waals surface area contributed by atoms with Crippen molar-refractivity contribution in [3.05, 3.63) is 23.4 Å². The maximum Gasteiger partial charge on any atom is 0.332 e. The SMILES string of the molecule is C[C@]12CC[C@H]3[C@@H](CCC4=CC(NOCC(=O)O)=CC[C@@]43C)[C@@H]1CC[C@@H]2O. The van der Waals surface area contributed by atoms with Crippen LogP contribution in [0, 0.1) is 28.6 Å². The van der Waals surface area contributed by atoms with Crippen molar-refractivity contribution in [2.45, 2.75) is 64.9 Å². The number of hydrogen-bond acceptors (Lipinski definition) is 4. The fraction of sp³-hybridized carbons (Fsp3) is 0.762. The molecule has 5 nitrogen and oxygen atoms in total. The van der Waals surface area contributed by atoms with Gasteiger partial charge in [-0.3, -0.25) is 10.3 Å². The Hall–Kier alpha value is -1.33. The first-order valence-electron chi connectivity index (χ1n) is 10.0. The Morgan fingerprint density at radius 1 is 1.27 bits per heavy atom. The number of fused-ring (bicyclic) bond motifs is 5. The molecule has 0 spiro atoms. The minimum Gasteiger partial charge on any atom is -0.479 e. The Labute approximate surface area is 155 Å². The Morgan fingerprint density at radius 2 is 2.08 bits per heavy atom. The van der Waals surface area contributed by atoms with Gasteiger partial charge in [-0.05, 0) is 79.6 Å². The summed E-state index contributed by atoms with van der Waals surface area (Å²) < 4.78 is 0. The molecule has 3 N–H and O–H groups in total. The van der Waals surface area contributed by atoms with Gasteiger partial charge in [-0.15, -0.1) is 0 Å². The first kappa shape index (κ1) is 18.1. The van der Waals surface area contributed by atoms with Crippen molar-refractivity contribution < 1.29 is 19.8 Å². The normalized spacial score (nSPS) is 44.3. The van der Waals surface area contributed by atoms with E-state index < -0.39 is 5.97 Å². The lowest BCUT2D eigenvalue weighted by molar-refractivity contribution is -0.144. The van der Waals surface area contributed by atoms with Gasteiger partial charge in [0.2, 0.25) is 0 Å². The minimum absolute atomic E-state index is 0.119. The van der Waals surface area contributed by atoms with Gasteiger partial charge in [0, 0.05) is 0 Å². The summed E-state index contributed by atoms with van der Waals surface area (Å²) in [6, 6.07) is 0. The molecule has 26 heavy (non-hydrogen) atoms. The number of hydroxylamine groups is 1. The van der Waals surface area contributed by atoms with E-state index in [1.54, 1.807) is 0 Å². The predicted molar refractivity (Wildman–Crippen MR) is 97.9 cm³/mol. The van der Waals surface area contributed by atoms with Gasteiger partial charge in [0.1, 0.15) is 0 Å². The second-order valence-electron chi connectivity index (χ2n) is 9.29. The summed E-state index contributed by atoms with van der Waals surface area (Å²) in [5.41, 5.74) is 5.47. The highest BCUT2D eigenvalue weighted by Crippen LogP contribution is 2.65. The summed E-state index contributed by atoms with van der Waals surface area (Å²) >= 11 is 0. The molecule has 4 rings (SSSR count). The van der Waals surface area contributed by atoms with Crippen molar-refractivity contribution in [1.29, 1.82) is 0 Å². The fourth-order valence-electron chi connectivity index (χ4n) is 6.64. The molecule has 0 amide bonds. The highest BCUT2D eigenvalue weighted by molar-refractivity contribution is 5.67. The number of nitrogens with one attached hydrogen (secondary N) is 1. The molecule has 6 atom stereocenters. The van der Waals surface area contributed by atoms with Crippen LogP contribution in [0.2, 0.25) is 0 Å². The molecule has 4 aliphatic rings. The first-order valence-corrected chi connectivity index (χ1v) is 10.0. The first-order chi connectivity index (χ1) is 12.3. The Balaban J connectivity index is 1.50. The molecule has 0 aromatic heterocycles. The molecule has 3 saturated carbocycles. The highest BCUT2D eigenvalue weighted by atomic mass is 16.7. The van der Waals surface area contributed by atoms with Crippen molar-refractivity contribution in [2.75, 3.05) is 6.61 Å². The van der Waals surface area contributed by atoms with Gasteiger partial charge in [-0.1, -0.05) is 25.5 Å². The molecule has 0 aromatic rings. The number of rotatable bonds is 4. The molecular weight excluding hydrogens is 330 g/mol. The third kappa shape index (κ3) is 2.71. The smallest absolute Gasteiger partial charge is 0.332 e. The van der Waals surface area contributed by atoms with Crippen LogP contribution in [0.4, 0.5) is 0 Å². The predicted octanol–water partition coefficient (Wildman–Crippen LogP) is 3.41. The molecule has 4 aliphatic carbocycles. The van der Waals surface area contributed by atoms with Crippen LogP contribution in [0.1, 0.15) is 58.8 Å². The third-order valence-corrected chi connectivity index (χ3v) is 8.15. The Bertz CT molecular complexity index is 656. The standard InChI is InChI=1S/C21H31NO4/c1-20-9-7-14(22-26-12-19(24)25)11-13(20)3-4-15-16-5-6-18(23)21(16,2)10-8-17(15)20/h7,11,15-18,22-23H,3-6,8-10,12H2,1-2H3,(H,24,25)/t15-,16-,17-,18-,20-,21-/m0/s1. The van der Waals surface area contributed by atoms with Gasteiger partial charge in [0.25, 0.3) is 0 Å². The van der Waals surface area contributed by atoms with E-state index >= 15 is 0 Å². The summed E-state index contributed by atoms with van der Waals surface area (Å²) in [7, 11) is 0. The number of carboxylic acids is 1. The second kappa shape index (κ2) is 6.38. The number of aliphatic hydroxyl groups is 1. The maximum atomic E-state index is 10.6. The zero-order valence-corrected chi connectivity index (χ0v) is 15.8. The number of aliphatic hydroxyl groups excluding tert-OH is 1. The molecule has 5 heteroatoms. The number of hydrogen-bond donors (Lipinski definition) is 3. The average molecular weight is 361 g/mol. The Kier molecular flexibility index (Phi) is 4.43. The van der Waals surface area contributed by atoms with Crippen molar-refractivity contribution in [3.63, 3.8) is 0 Å². The zero-order valence-electron chi connectivity index (χ0n) is 15.8. The molecule has 0 aliphatic heterocycles. The van der Waals surface area contributed by atoms with E-state index in [-0.39, 0.29) is 23.5 Å². The van der Waals surface area contributed by atoms with Crippen LogP contribution in [0.25, 0.3) is 0 Å². The molecule has 0 heterocycles. The van der Waals surface area contributed by atoms with E-state index in [9.17, 15) is 9.90 Å². The largest absolute Gasteiger partial charge is 0.479 e. The highest BCUT2D eigenvalue weighted by Gasteiger charge is 2.58. The molecule has 0 aromatic carbocycles. The minimum atomic E-state index is -0.976. The van der Waals surface area contributed by atoms with Crippen LogP contribution in [0.5, 0.6) is 0 Å². The van der Waals surface area contributed by atoms with Crippen molar-refractivity contribution in [1.82, 2.24) is 5.48 Å². The van der Waals surface area contributed by atoms with E-state index in [2.05, 4.69) is 31.5 Å². The molecule has 144 valence electrons. The Morgan fingerprint density at radius 3 is 2.85 bits per heavy atom. The van der Waals surface area contributed by atoms with E-state index in [4.69, 9.17) is 9.94 Å². The molecule has 0 radical (unpaired) electrons. The zero-order chi connectivity index (χ0) is 18.5. The summed E-state index contributed by atoms with van der Waals surface area (Å²) in [6.45, 7) is 4.39. The molecule has 0 bridgehead atoms. The van der Waals surface area contributed by atoms with Crippen LogP contribution >= 0.6 is 0 Å². The lowest BCUT2D eigenvalue weighted by Gasteiger charge is -2.57. The monoisotopic (exact) mass is 361 g/mol. The molecule has 0 unspecified atom stereocenters. The van der Waals surface area contributed by atoms with Crippen LogP contribution < -0.4 is 5.48 Å². The lowest BCUT2D eigenvalue weighted by atomic mass is 9.48. The van der Waals surface area contributed by atoms with Gasteiger partial charge in [-0.2, -0.15) is 0 Å². The summed E-state index contributed by atoms with van der Waals surface area (Å²) in [5, 5.41) is 19.2. The van der Waals surface area contributed by atoms with Gasteiger partial charge < -0.3 is 10.2 Å². The third-order valence-electron chi connectivity index (χ3n) is 8.15. The number of carbonyl (C=O) groups is 1. The van der Waals surface area contributed by atoms with Crippen molar-refractivity contribution in [3.8, 4) is 0 Å². The lowest BCUT2D eigenvalue weighted by Crippen LogP contribution is -2.50. The molecule has 3 fully saturated rings. The maximum absolute atomic E-state index is 10.6. The average Bonchev–Trinajstić information content (AvgIpc) is 2.90. The van der Waals surface area contributed by atoms with Crippen LogP contribution in [-0.4, -0.2) is 28.9 Å². The fourth-order valence-corrected chi connectivity index (χ4v) is 6.64. The van der Waals surface area contributed by atoms with E-state index in [1.165, 1.54) is 24.8 Å². The van der Waals surface area contributed by atoms with Gasteiger partial charge >= 0.3 is 5.97 Å². The quantitative estimate of drug-likeness (QED) is 0.669. The van der Waals surface area contributed by atoms with Crippen molar-refractivity contribution in [2.24, 2.45) is 28.6 Å². The number of carboxylic acid groups (broad SMARTS) is 1. The van der Waals surface area contributed by atoms with Crippen LogP contribution in [0.15, 0.2) is 23.4 Å². The van der Waals surface area contributed by atoms with E-state index in [0.717, 1.165) is 37.3 Å². The van der Waals surface area contributed by atoms with Gasteiger partial charge in [-0.25, -0.2) is 4.79 Å². The number of allylic oxidation sites excluding steroid dienone is 3. The van der Waals surface area contributed by atoms with Gasteiger partial charge in [0.05, 0.1) is 11.8 Å². The topological polar surface area (TPSA) is 78.8 Å². The molecular formula is C21H31NO4. The van der Waals surface area contributed by atoms with Crippen LogP contribution in [0.3, 0.4) is 0 Å². The van der Waals surface area contributed by atoms with E-state index in [1.807, 2.05) is 0 Å². The molecule has 0 saturated heterocycles. The summed E-state index contributed by atoms with van der Waals surface area (Å²) in [4.78, 5) is 15.6. The van der Waals surface area contributed by atoms with Gasteiger partial charge in [0.15, 0.2) is 6.61 Å². The van der Waals surface area contributed by atoms with Crippen LogP contribution in [-0.2, 0) is 9.63 Å². The summed E-state index contributed by atoms with van der Waals surface area (Å²) in [6.07, 6.45) is 12.0. The number of aliphatic carboxylic acids is 1. The summed E-state index contributed by atoms with van der Waals surface area (Å²) in [5.74, 6) is 1.09. The second-order valence-corrected chi connectivity index (χ2v) is 9.29. The van der Waals surface area contributed by atoms with Crippen molar-refractivity contribution >= 4 is 5.97 Å².